The smallest absolute Gasteiger partial charge is 0.353 e. The summed E-state index contributed by atoms with van der Waals surface area (Å²) in [6.45, 7) is -0.305. The third-order valence-electron chi connectivity index (χ3n) is 5.95. The number of hydrogen-bond acceptors (Lipinski definition) is 4. The first-order valence-electron chi connectivity index (χ1n) is 10.3. The van der Waals surface area contributed by atoms with Crippen molar-refractivity contribution in [1.29, 1.82) is 0 Å². The second-order valence-electron chi connectivity index (χ2n) is 8.06. The molecule has 2 N–H and O–H groups in total. The van der Waals surface area contributed by atoms with Crippen LogP contribution in [0.4, 0.5) is 14.5 Å². The first-order chi connectivity index (χ1) is 15.9. The highest BCUT2D eigenvalue weighted by molar-refractivity contribution is 6.08. The summed E-state index contributed by atoms with van der Waals surface area (Å²) in [7, 11) is 0. The number of fused-ring (bicyclic) bond motifs is 1. The van der Waals surface area contributed by atoms with E-state index in [1.54, 1.807) is 12.1 Å². The van der Waals surface area contributed by atoms with Gasteiger partial charge in [0, 0.05) is 28.3 Å². The topological polar surface area (TPSA) is 105 Å². The Labute approximate surface area is 185 Å². The Hall–Kier alpha value is -4.14. The number of nitroso groups, excluding NO2 is 1. The van der Waals surface area contributed by atoms with Crippen molar-refractivity contribution in [3.05, 3.63) is 92.4 Å². The number of aromatic nitrogens is 2. The lowest BCUT2D eigenvalue weighted by atomic mass is 10.00. The van der Waals surface area contributed by atoms with Crippen molar-refractivity contribution in [2.75, 3.05) is 0 Å². The van der Waals surface area contributed by atoms with Crippen molar-refractivity contribution in [2.45, 2.75) is 25.3 Å². The quantitative estimate of drug-likeness (QED) is 0.390. The first-order valence-corrected chi connectivity index (χ1v) is 10.3. The van der Waals surface area contributed by atoms with Crippen LogP contribution in [0, 0.1) is 16.5 Å². The Morgan fingerprint density at radius 2 is 1.94 bits per heavy atom. The van der Waals surface area contributed by atoms with E-state index >= 15 is 0 Å². The van der Waals surface area contributed by atoms with Gasteiger partial charge in [0.2, 0.25) is 0 Å². The summed E-state index contributed by atoms with van der Waals surface area (Å²) in [4.78, 5) is 38.5. The number of aromatic carboxylic acids is 1. The van der Waals surface area contributed by atoms with Gasteiger partial charge in [-0.3, -0.25) is 4.79 Å². The third-order valence-corrected chi connectivity index (χ3v) is 5.95. The Morgan fingerprint density at radius 3 is 2.61 bits per heavy atom. The standard InChI is InChI=1S/C24H17F2N3O4/c25-18-6-5-14(28-33)8-13(18)11-29-20-10-19(26)16(12-3-4-12)9-17(20)21(22(29)24(31)32)15-2-1-7-27-23(15)30/h1-2,5-10,12H,3-4,11H2,(H,27,30)(H,31,32). The number of pyridine rings is 1. The molecule has 0 atom stereocenters. The summed E-state index contributed by atoms with van der Waals surface area (Å²) in [5, 5.41) is 13.3. The zero-order valence-corrected chi connectivity index (χ0v) is 17.1. The number of carbonyl (C=O) groups is 1. The Kier molecular flexibility index (Phi) is 4.88. The van der Waals surface area contributed by atoms with Crippen molar-refractivity contribution in [1.82, 2.24) is 9.55 Å². The zero-order valence-electron chi connectivity index (χ0n) is 17.1. The van der Waals surface area contributed by atoms with Crippen LogP contribution in [0.3, 0.4) is 0 Å². The molecule has 0 amide bonds. The van der Waals surface area contributed by atoms with Crippen LogP contribution in [0.5, 0.6) is 0 Å². The fourth-order valence-corrected chi connectivity index (χ4v) is 4.28. The fourth-order valence-electron chi connectivity index (χ4n) is 4.28. The SMILES string of the molecule is O=Nc1ccc(F)c(Cn2c(C(=O)O)c(-c3ccc[nH]c3=O)c3cc(C4CC4)c(F)cc32)c1. The molecule has 5 rings (SSSR count). The van der Waals surface area contributed by atoms with Crippen LogP contribution in [-0.2, 0) is 6.54 Å². The number of rotatable bonds is 6. The summed E-state index contributed by atoms with van der Waals surface area (Å²) in [5.41, 5.74) is 0.100. The molecule has 2 aromatic heterocycles. The zero-order chi connectivity index (χ0) is 23.3. The van der Waals surface area contributed by atoms with Gasteiger partial charge >= 0.3 is 5.97 Å². The van der Waals surface area contributed by atoms with Gasteiger partial charge in [0.25, 0.3) is 5.56 Å². The summed E-state index contributed by atoms with van der Waals surface area (Å²) in [5.74, 6) is -2.48. The van der Waals surface area contributed by atoms with E-state index in [1.165, 1.54) is 35.0 Å². The molecule has 0 aliphatic heterocycles. The Balaban J connectivity index is 1.85. The van der Waals surface area contributed by atoms with E-state index in [-0.39, 0.29) is 46.1 Å². The van der Waals surface area contributed by atoms with E-state index in [2.05, 4.69) is 10.2 Å². The van der Waals surface area contributed by atoms with Crippen molar-refractivity contribution < 1.29 is 18.7 Å². The molecule has 1 saturated carbocycles. The molecule has 0 radical (unpaired) electrons. The Morgan fingerprint density at radius 1 is 1.15 bits per heavy atom. The maximum absolute atomic E-state index is 15.0. The molecule has 33 heavy (non-hydrogen) atoms. The molecule has 1 fully saturated rings. The maximum atomic E-state index is 15.0. The monoisotopic (exact) mass is 449 g/mol. The lowest BCUT2D eigenvalue weighted by molar-refractivity contribution is 0.0687. The molecule has 166 valence electrons. The van der Waals surface area contributed by atoms with Gasteiger partial charge in [-0.1, -0.05) is 0 Å². The molecule has 7 nitrogen and oxygen atoms in total. The first kappa shape index (κ1) is 20.7. The molecule has 1 aliphatic carbocycles. The second kappa shape index (κ2) is 7.77. The highest BCUT2D eigenvalue weighted by atomic mass is 19.1. The number of benzene rings is 2. The Bertz CT molecular complexity index is 1500. The molecule has 1 aliphatic rings. The van der Waals surface area contributed by atoms with E-state index < -0.39 is 23.2 Å². The molecule has 2 heterocycles. The van der Waals surface area contributed by atoms with E-state index in [0.29, 0.717) is 10.9 Å². The summed E-state index contributed by atoms with van der Waals surface area (Å²) in [6.07, 6.45) is 3.08. The molecule has 0 bridgehead atoms. The minimum absolute atomic E-state index is 0.00620. The molecule has 4 aromatic rings. The predicted molar refractivity (Wildman–Crippen MR) is 118 cm³/mol. The molecular formula is C24H17F2N3O4. The average molecular weight is 449 g/mol. The predicted octanol–water partition coefficient (Wildman–Crippen LogP) is 5.30. The van der Waals surface area contributed by atoms with E-state index in [4.69, 9.17) is 0 Å². The largest absolute Gasteiger partial charge is 0.477 e. The van der Waals surface area contributed by atoms with E-state index in [1.807, 2.05) is 0 Å². The molecule has 0 saturated heterocycles. The van der Waals surface area contributed by atoms with Crippen LogP contribution < -0.4 is 5.56 Å². The van der Waals surface area contributed by atoms with Crippen molar-refractivity contribution in [2.24, 2.45) is 5.18 Å². The molecule has 0 spiro atoms. The number of nitrogens with zero attached hydrogens (tertiary/aromatic N) is 2. The van der Waals surface area contributed by atoms with Crippen LogP contribution in [-0.4, -0.2) is 20.6 Å². The van der Waals surface area contributed by atoms with Crippen LogP contribution in [0.25, 0.3) is 22.0 Å². The van der Waals surface area contributed by atoms with Crippen molar-refractivity contribution in [3.63, 3.8) is 0 Å². The lowest BCUT2D eigenvalue weighted by Gasteiger charge is -2.11. The third kappa shape index (κ3) is 3.51. The van der Waals surface area contributed by atoms with Crippen LogP contribution in [0.15, 0.2) is 58.6 Å². The van der Waals surface area contributed by atoms with Gasteiger partial charge in [-0.15, -0.1) is 4.91 Å². The average Bonchev–Trinajstić information content (AvgIpc) is 3.59. The number of aromatic amines is 1. The molecule has 2 aromatic carbocycles. The van der Waals surface area contributed by atoms with Crippen LogP contribution >= 0.6 is 0 Å². The molecule has 9 heteroatoms. The second-order valence-corrected chi connectivity index (χ2v) is 8.06. The van der Waals surface area contributed by atoms with Gasteiger partial charge in [-0.05, 0) is 72.0 Å². The van der Waals surface area contributed by atoms with Gasteiger partial charge in [0.15, 0.2) is 0 Å². The summed E-state index contributed by atoms with van der Waals surface area (Å²) < 4.78 is 30.8. The number of nitrogens with one attached hydrogen (secondary N) is 1. The lowest BCUT2D eigenvalue weighted by Crippen LogP contribution is -2.14. The van der Waals surface area contributed by atoms with Gasteiger partial charge < -0.3 is 14.7 Å². The molecular weight excluding hydrogens is 432 g/mol. The highest BCUT2D eigenvalue weighted by Crippen LogP contribution is 2.44. The number of H-pyrrole nitrogens is 1. The number of halogens is 2. The number of carboxylic acid groups (broad SMARTS) is 1. The summed E-state index contributed by atoms with van der Waals surface area (Å²) >= 11 is 0. The van der Waals surface area contributed by atoms with Gasteiger partial charge in [-0.25, -0.2) is 13.6 Å². The summed E-state index contributed by atoms with van der Waals surface area (Å²) in [6, 6.07) is 9.35. The number of carboxylic acids is 1. The normalized spacial score (nSPS) is 13.4. The number of hydrogen-bond donors (Lipinski definition) is 2. The van der Waals surface area contributed by atoms with Crippen LogP contribution in [0.1, 0.15) is 40.4 Å². The minimum atomic E-state index is -1.36. The highest BCUT2D eigenvalue weighted by Gasteiger charge is 2.31. The fraction of sp³-hybridized carbons (Fsp3) is 0.167. The van der Waals surface area contributed by atoms with Crippen molar-refractivity contribution in [3.8, 4) is 11.1 Å². The van der Waals surface area contributed by atoms with Crippen molar-refractivity contribution >= 4 is 22.6 Å². The van der Waals surface area contributed by atoms with Gasteiger partial charge in [0.1, 0.15) is 23.0 Å². The molecule has 0 unspecified atom stereocenters. The van der Waals surface area contributed by atoms with Gasteiger partial charge in [0.05, 0.1) is 12.1 Å². The van der Waals surface area contributed by atoms with E-state index in [0.717, 1.165) is 18.9 Å². The minimum Gasteiger partial charge on any atom is -0.477 e. The van der Waals surface area contributed by atoms with Gasteiger partial charge in [-0.2, -0.15) is 0 Å². The maximum Gasteiger partial charge on any atom is 0.353 e. The van der Waals surface area contributed by atoms with E-state index in [9.17, 15) is 28.4 Å². The van der Waals surface area contributed by atoms with Crippen LogP contribution in [0.2, 0.25) is 0 Å².